The first-order valence-electron chi connectivity index (χ1n) is 7.02. The molecule has 1 aliphatic carbocycles. The van der Waals surface area contributed by atoms with Crippen LogP contribution >= 0.6 is 0 Å². The third kappa shape index (κ3) is 3.72. The van der Waals surface area contributed by atoms with E-state index in [2.05, 4.69) is 62.3 Å². The fraction of sp³-hybridized carbons (Fsp3) is 0.562. The fourth-order valence-corrected chi connectivity index (χ4v) is 2.61. The summed E-state index contributed by atoms with van der Waals surface area (Å²) in [5, 5.41) is 3.21. The van der Waals surface area contributed by atoms with Crippen molar-refractivity contribution in [2.75, 3.05) is 0 Å². The van der Waals surface area contributed by atoms with Gasteiger partial charge in [0.1, 0.15) is 0 Å². The van der Waals surface area contributed by atoms with Gasteiger partial charge in [0.05, 0.1) is 6.04 Å². The minimum absolute atomic E-state index is 0.0211. The normalized spacial score (nSPS) is 23.9. The zero-order valence-electron chi connectivity index (χ0n) is 12.4. The van der Waals surface area contributed by atoms with Crippen LogP contribution in [0.25, 0.3) is 0 Å². The number of benzene rings is 1. The Morgan fingerprint density at radius 1 is 1.26 bits per heavy atom. The van der Waals surface area contributed by atoms with Gasteiger partial charge >= 0.3 is 0 Å². The maximum atomic E-state index is 5.92. The monoisotopic (exact) mass is 259 g/mol. The third-order valence-electron chi connectivity index (χ3n) is 3.57. The number of aryl methyl sites for hydroxylation is 1. The standard InChI is InChI=1S/C16H25N3/c1-11-7-5-6-8-14(11)12-9-13(10-12)18-15(17)19-16(2,3)4/h5-8,12-13H,9-10H2,1-4H3,(H3,17,18,19). The topological polar surface area (TPSA) is 50.4 Å². The Labute approximate surface area is 116 Å². The van der Waals surface area contributed by atoms with Crippen molar-refractivity contribution >= 4 is 5.96 Å². The second-order valence-corrected chi connectivity index (χ2v) is 6.57. The lowest BCUT2D eigenvalue weighted by molar-refractivity contribution is 0.350. The Kier molecular flexibility index (Phi) is 3.83. The van der Waals surface area contributed by atoms with Crippen molar-refractivity contribution in [2.24, 2.45) is 10.7 Å². The molecule has 0 unspecified atom stereocenters. The molecular formula is C16H25N3. The average molecular weight is 259 g/mol. The molecule has 19 heavy (non-hydrogen) atoms. The van der Waals surface area contributed by atoms with Gasteiger partial charge in [-0.1, -0.05) is 24.3 Å². The summed E-state index contributed by atoms with van der Waals surface area (Å²) < 4.78 is 0. The summed E-state index contributed by atoms with van der Waals surface area (Å²) in [5.74, 6) is 1.22. The van der Waals surface area contributed by atoms with E-state index in [4.69, 9.17) is 5.73 Å². The van der Waals surface area contributed by atoms with Crippen LogP contribution in [0.4, 0.5) is 0 Å². The summed E-state index contributed by atoms with van der Waals surface area (Å²) in [6, 6.07) is 9.00. The summed E-state index contributed by atoms with van der Waals surface area (Å²) in [6.45, 7) is 8.45. The van der Waals surface area contributed by atoms with E-state index in [0.29, 0.717) is 17.9 Å². The van der Waals surface area contributed by atoms with E-state index in [0.717, 1.165) is 12.8 Å². The molecule has 0 aromatic heterocycles. The SMILES string of the molecule is Cc1ccccc1C1CC(N=C(N)NC(C)(C)C)C1. The van der Waals surface area contributed by atoms with E-state index >= 15 is 0 Å². The smallest absolute Gasteiger partial charge is 0.189 e. The zero-order valence-corrected chi connectivity index (χ0v) is 12.4. The van der Waals surface area contributed by atoms with Crippen LogP contribution in [0.2, 0.25) is 0 Å². The minimum Gasteiger partial charge on any atom is -0.370 e. The molecule has 1 aromatic carbocycles. The van der Waals surface area contributed by atoms with Crippen LogP contribution in [0.1, 0.15) is 50.7 Å². The van der Waals surface area contributed by atoms with Crippen LogP contribution in [0.5, 0.6) is 0 Å². The maximum absolute atomic E-state index is 5.92. The van der Waals surface area contributed by atoms with Gasteiger partial charge in [0, 0.05) is 5.54 Å². The first-order valence-corrected chi connectivity index (χ1v) is 7.02. The highest BCUT2D eigenvalue weighted by molar-refractivity contribution is 5.78. The maximum Gasteiger partial charge on any atom is 0.189 e. The fourth-order valence-electron chi connectivity index (χ4n) is 2.61. The van der Waals surface area contributed by atoms with Gasteiger partial charge in [0.15, 0.2) is 5.96 Å². The van der Waals surface area contributed by atoms with Gasteiger partial charge in [-0.15, -0.1) is 0 Å². The van der Waals surface area contributed by atoms with E-state index in [-0.39, 0.29) is 5.54 Å². The van der Waals surface area contributed by atoms with Gasteiger partial charge in [0.25, 0.3) is 0 Å². The second-order valence-electron chi connectivity index (χ2n) is 6.57. The van der Waals surface area contributed by atoms with Crippen LogP contribution < -0.4 is 11.1 Å². The van der Waals surface area contributed by atoms with Crippen molar-refractivity contribution in [3.63, 3.8) is 0 Å². The predicted octanol–water partition coefficient (Wildman–Crippen LogP) is 2.94. The molecule has 2 rings (SSSR count). The van der Waals surface area contributed by atoms with Gasteiger partial charge in [-0.2, -0.15) is 0 Å². The summed E-state index contributed by atoms with van der Waals surface area (Å²) in [7, 11) is 0. The third-order valence-corrected chi connectivity index (χ3v) is 3.57. The summed E-state index contributed by atoms with van der Waals surface area (Å²) in [6.07, 6.45) is 2.22. The number of guanidine groups is 1. The summed E-state index contributed by atoms with van der Waals surface area (Å²) in [4.78, 5) is 4.56. The highest BCUT2D eigenvalue weighted by Gasteiger charge is 2.31. The average Bonchev–Trinajstić information content (AvgIpc) is 2.22. The largest absolute Gasteiger partial charge is 0.370 e. The lowest BCUT2D eigenvalue weighted by Gasteiger charge is -2.34. The highest BCUT2D eigenvalue weighted by Crippen LogP contribution is 2.39. The number of hydrogen-bond acceptors (Lipinski definition) is 1. The highest BCUT2D eigenvalue weighted by atomic mass is 15.1. The van der Waals surface area contributed by atoms with Gasteiger partial charge in [0.2, 0.25) is 0 Å². The van der Waals surface area contributed by atoms with Gasteiger partial charge in [-0.05, 0) is 57.6 Å². The zero-order chi connectivity index (χ0) is 14.0. The summed E-state index contributed by atoms with van der Waals surface area (Å²) in [5.41, 5.74) is 8.76. The van der Waals surface area contributed by atoms with E-state index in [9.17, 15) is 0 Å². The quantitative estimate of drug-likeness (QED) is 0.634. The van der Waals surface area contributed by atoms with Crippen LogP contribution in [0, 0.1) is 6.92 Å². The molecule has 0 aliphatic heterocycles. The molecule has 3 nitrogen and oxygen atoms in total. The Morgan fingerprint density at radius 3 is 2.47 bits per heavy atom. The lowest BCUT2D eigenvalue weighted by Crippen LogP contribution is -2.46. The Hall–Kier alpha value is -1.51. The number of nitrogens with one attached hydrogen (secondary N) is 1. The van der Waals surface area contributed by atoms with Crippen molar-refractivity contribution in [1.29, 1.82) is 0 Å². The number of nitrogens with zero attached hydrogens (tertiary/aromatic N) is 1. The molecule has 1 saturated carbocycles. The Balaban J connectivity index is 1.90. The molecule has 3 heteroatoms. The van der Waals surface area contributed by atoms with Gasteiger partial charge in [-0.3, -0.25) is 4.99 Å². The number of nitrogens with two attached hydrogens (primary N) is 1. The molecule has 3 N–H and O–H groups in total. The number of rotatable bonds is 2. The Bertz CT molecular complexity index is 465. The molecule has 104 valence electrons. The first-order chi connectivity index (χ1) is 8.85. The molecule has 0 heterocycles. The number of aliphatic imine (C=N–C) groups is 1. The molecule has 0 atom stereocenters. The minimum atomic E-state index is -0.0211. The van der Waals surface area contributed by atoms with Crippen LogP contribution in [0.15, 0.2) is 29.3 Å². The molecule has 0 amide bonds. The molecule has 1 aliphatic rings. The Morgan fingerprint density at radius 2 is 1.89 bits per heavy atom. The van der Waals surface area contributed by atoms with Crippen molar-refractivity contribution in [1.82, 2.24) is 5.32 Å². The molecule has 1 fully saturated rings. The van der Waals surface area contributed by atoms with Crippen molar-refractivity contribution in [3.05, 3.63) is 35.4 Å². The van der Waals surface area contributed by atoms with Crippen LogP contribution in [-0.2, 0) is 0 Å². The molecule has 0 radical (unpaired) electrons. The summed E-state index contributed by atoms with van der Waals surface area (Å²) >= 11 is 0. The van der Waals surface area contributed by atoms with Crippen LogP contribution in [-0.4, -0.2) is 17.5 Å². The van der Waals surface area contributed by atoms with Crippen molar-refractivity contribution in [2.45, 2.75) is 58.0 Å². The van der Waals surface area contributed by atoms with Gasteiger partial charge in [-0.25, -0.2) is 0 Å². The predicted molar refractivity (Wildman–Crippen MR) is 81.5 cm³/mol. The van der Waals surface area contributed by atoms with Crippen LogP contribution in [0.3, 0.4) is 0 Å². The van der Waals surface area contributed by atoms with E-state index in [1.54, 1.807) is 0 Å². The molecule has 0 spiro atoms. The molecule has 0 saturated heterocycles. The van der Waals surface area contributed by atoms with Gasteiger partial charge < -0.3 is 11.1 Å². The lowest BCUT2D eigenvalue weighted by atomic mass is 9.75. The van der Waals surface area contributed by atoms with Crippen molar-refractivity contribution in [3.8, 4) is 0 Å². The van der Waals surface area contributed by atoms with E-state index < -0.39 is 0 Å². The van der Waals surface area contributed by atoms with E-state index in [1.165, 1.54) is 11.1 Å². The second kappa shape index (κ2) is 5.24. The molecule has 1 aromatic rings. The number of hydrogen-bond donors (Lipinski definition) is 2. The van der Waals surface area contributed by atoms with Crippen molar-refractivity contribution < 1.29 is 0 Å². The van der Waals surface area contributed by atoms with E-state index in [1.807, 2.05) is 0 Å². The first kappa shape index (κ1) is 13.9. The molecule has 0 bridgehead atoms. The molecular weight excluding hydrogens is 234 g/mol.